The van der Waals surface area contributed by atoms with Crippen molar-refractivity contribution >= 4 is 5.82 Å². The summed E-state index contributed by atoms with van der Waals surface area (Å²) in [4.78, 5) is 4.21. The molecule has 1 heterocycles. The number of nitriles is 1. The molecule has 0 aliphatic carbocycles. The number of pyridine rings is 1. The van der Waals surface area contributed by atoms with Crippen LogP contribution in [0.3, 0.4) is 0 Å². The predicted octanol–water partition coefficient (Wildman–Crippen LogP) is 4.16. The first-order valence-electron chi connectivity index (χ1n) is 7.34. The fourth-order valence-electron chi connectivity index (χ4n) is 2.53. The Kier molecular flexibility index (Phi) is 4.31. The third kappa shape index (κ3) is 3.12. The molecule has 3 rings (SSSR count). The summed E-state index contributed by atoms with van der Waals surface area (Å²) in [7, 11) is 1.53. The Balaban J connectivity index is 2.26. The lowest BCUT2D eigenvalue weighted by Crippen LogP contribution is -2.01. The van der Waals surface area contributed by atoms with Gasteiger partial charge in [0.15, 0.2) is 0 Å². The van der Waals surface area contributed by atoms with E-state index in [0.29, 0.717) is 17.0 Å². The molecule has 0 fully saturated rings. The number of aromatic nitrogens is 1. The lowest BCUT2D eigenvalue weighted by atomic mass is 9.98. The highest BCUT2D eigenvalue weighted by molar-refractivity contribution is 5.80. The summed E-state index contributed by atoms with van der Waals surface area (Å²) in [6.07, 6.45) is 0. The monoisotopic (exact) mass is 337 g/mol. The van der Waals surface area contributed by atoms with Crippen molar-refractivity contribution in [3.05, 3.63) is 65.7 Å². The molecule has 0 spiro atoms. The molecule has 1 aromatic heterocycles. The molecule has 0 radical (unpaired) electrons. The second-order valence-electron chi connectivity index (χ2n) is 5.28. The van der Waals surface area contributed by atoms with E-state index in [-0.39, 0.29) is 22.5 Å². The van der Waals surface area contributed by atoms with Gasteiger partial charge in [0.1, 0.15) is 34.8 Å². The molecule has 124 valence electrons. The summed E-state index contributed by atoms with van der Waals surface area (Å²) in [5.74, 6) is -0.708. The average molecular weight is 337 g/mol. The van der Waals surface area contributed by atoms with Crippen molar-refractivity contribution in [2.45, 2.75) is 0 Å². The van der Waals surface area contributed by atoms with Crippen LogP contribution in [-0.4, -0.2) is 12.1 Å². The van der Waals surface area contributed by atoms with Crippen LogP contribution in [0.15, 0.2) is 48.5 Å². The van der Waals surface area contributed by atoms with Crippen LogP contribution in [0, 0.1) is 23.0 Å². The van der Waals surface area contributed by atoms with E-state index in [1.807, 2.05) is 6.07 Å². The molecule has 6 heteroatoms. The van der Waals surface area contributed by atoms with E-state index >= 15 is 0 Å². The number of methoxy groups -OCH3 is 1. The highest BCUT2D eigenvalue weighted by atomic mass is 19.1. The Morgan fingerprint density at radius 1 is 1.08 bits per heavy atom. The first kappa shape index (κ1) is 16.4. The number of ether oxygens (including phenoxy) is 1. The summed E-state index contributed by atoms with van der Waals surface area (Å²) in [5, 5.41) is 9.36. The van der Waals surface area contributed by atoms with Crippen molar-refractivity contribution in [2.24, 2.45) is 0 Å². The Morgan fingerprint density at radius 3 is 2.60 bits per heavy atom. The standard InChI is InChI=1S/C19H13F2N3O/c1-25-13-4-2-3-11(7-13)18-9-14(16(10-22)19(23)24-18)15-8-12(20)5-6-17(15)21/h2-9H,1H3,(H2,23,24). The van der Waals surface area contributed by atoms with Gasteiger partial charge in [-0.25, -0.2) is 13.8 Å². The summed E-state index contributed by atoms with van der Waals surface area (Å²) in [6.45, 7) is 0. The zero-order valence-corrected chi connectivity index (χ0v) is 13.3. The van der Waals surface area contributed by atoms with Gasteiger partial charge in [-0.2, -0.15) is 5.26 Å². The molecular weight excluding hydrogens is 324 g/mol. The first-order valence-corrected chi connectivity index (χ1v) is 7.34. The third-order valence-electron chi connectivity index (χ3n) is 3.74. The molecule has 0 amide bonds. The number of halogens is 2. The van der Waals surface area contributed by atoms with Crippen molar-refractivity contribution in [2.75, 3.05) is 12.8 Å². The number of hydrogen-bond donors (Lipinski definition) is 1. The van der Waals surface area contributed by atoms with E-state index in [1.165, 1.54) is 13.2 Å². The summed E-state index contributed by atoms with van der Waals surface area (Å²) in [6, 6.07) is 13.5. The van der Waals surface area contributed by atoms with E-state index in [0.717, 1.165) is 18.2 Å². The topological polar surface area (TPSA) is 71.9 Å². The van der Waals surface area contributed by atoms with Crippen LogP contribution in [0.5, 0.6) is 5.75 Å². The van der Waals surface area contributed by atoms with Gasteiger partial charge in [0.2, 0.25) is 0 Å². The second kappa shape index (κ2) is 6.57. The number of hydrogen-bond acceptors (Lipinski definition) is 4. The normalized spacial score (nSPS) is 10.3. The fraction of sp³-hybridized carbons (Fsp3) is 0.0526. The number of anilines is 1. The molecule has 2 aromatic carbocycles. The number of nitrogen functional groups attached to an aromatic ring is 1. The Labute approximate surface area is 143 Å². The molecule has 2 N–H and O–H groups in total. The molecular formula is C19H13F2N3O. The van der Waals surface area contributed by atoms with E-state index in [9.17, 15) is 14.0 Å². The molecule has 0 atom stereocenters. The van der Waals surface area contributed by atoms with Crippen LogP contribution < -0.4 is 10.5 Å². The molecule has 0 saturated heterocycles. The van der Waals surface area contributed by atoms with Crippen molar-refractivity contribution in [3.8, 4) is 34.2 Å². The zero-order chi connectivity index (χ0) is 18.0. The van der Waals surface area contributed by atoms with Crippen LogP contribution in [0.4, 0.5) is 14.6 Å². The van der Waals surface area contributed by atoms with Crippen molar-refractivity contribution < 1.29 is 13.5 Å². The largest absolute Gasteiger partial charge is 0.497 e. The summed E-state index contributed by atoms with van der Waals surface area (Å²) >= 11 is 0. The highest BCUT2D eigenvalue weighted by Gasteiger charge is 2.17. The lowest BCUT2D eigenvalue weighted by molar-refractivity contribution is 0.415. The maximum atomic E-state index is 14.2. The van der Waals surface area contributed by atoms with Crippen LogP contribution in [0.25, 0.3) is 22.4 Å². The average Bonchev–Trinajstić information content (AvgIpc) is 2.63. The van der Waals surface area contributed by atoms with Crippen molar-refractivity contribution in [1.29, 1.82) is 5.26 Å². The maximum Gasteiger partial charge on any atom is 0.142 e. The first-order chi connectivity index (χ1) is 12.0. The summed E-state index contributed by atoms with van der Waals surface area (Å²) < 4.78 is 33.0. The molecule has 0 unspecified atom stereocenters. The smallest absolute Gasteiger partial charge is 0.142 e. The van der Waals surface area contributed by atoms with Gasteiger partial charge >= 0.3 is 0 Å². The van der Waals surface area contributed by atoms with Gasteiger partial charge in [-0.3, -0.25) is 0 Å². The van der Waals surface area contributed by atoms with Gasteiger partial charge in [-0.05, 0) is 36.4 Å². The fourth-order valence-corrected chi connectivity index (χ4v) is 2.53. The van der Waals surface area contributed by atoms with Crippen LogP contribution in [-0.2, 0) is 0 Å². The van der Waals surface area contributed by atoms with Crippen LogP contribution >= 0.6 is 0 Å². The quantitative estimate of drug-likeness (QED) is 0.779. The van der Waals surface area contributed by atoms with Crippen molar-refractivity contribution in [3.63, 3.8) is 0 Å². The number of nitrogens with two attached hydrogens (primary N) is 1. The molecule has 3 aromatic rings. The number of rotatable bonds is 3. The summed E-state index contributed by atoms with van der Waals surface area (Å²) in [5.41, 5.74) is 7.12. The third-order valence-corrected chi connectivity index (χ3v) is 3.74. The van der Waals surface area contributed by atoms with Gasteiger partial charge in [-0.1, -0.05) is 12.1 Å². The molecule has 4 nitrogen and oxygen atoms in total. The zero-order valence-electron chi connectivity index (χ0n) is 13.3. The van der Waals surface area contributed by atoms with E-state index in [1.54, 1.807) is 24.3 Å². The molecule has 0 aliphatic heterocycles. The molecule has 0 saturated carbocycles. The van der Waals surface area contributed by atoms with Gasteiger partial charge in [0.25, 0.3) is 0 Å². The van der Waals surface area contributed by atoms with Gasteiger partial charge in [-0.15, -0.1) is 0 Å². The molecule has 0 bridgehead atoms. The lowest BCUT2D eigenvalue weighted by Gasteiger charge is -2.11. The SMILES string of the molecule is COc1cccc(-c2cc(-c3cc(F)ccc3F)c(C#N)c(N)n2)c1. The highest BCUT2D eigenvalue weighted by Crippen LogP contribution is 2.33. The van der Waals surface area contributed by atoms with E-state index in [4.69, 9.17) is 10.5 Å². The second-order valence-corrected chi connectivity index (χ2v) is 5.28. The van der Waals surface area contributed by atoms with Gasteiger partial charge in [0.05, 0.1) is 12.8 Å². The number of benzene rings is 2. The van der Waals surface area contributed by atoms with E-state index < -0.39 is 11.6 Å². The van der Waals surface area contributed by atoms with Crippen LogP contribution in [0.2, 0.25) is 0 Å². The van der Waals surface area contributed by atoms with Gasteiger partial charge in [0, 0.05) is 16.7 Å². The number of nitrogens with zero attached hydrogens (tertiary/aromatic N) is 2. The van der Waals surface area contributed by atoms with E-state index in [2.05, 4.69) is 4.98 Å². The van der Waals surface area contributed by atoms with Crippen LogP contribution in [0.1, 0.15) is 5.56 Å². The minimum absolute atomic E-state index is 0.00357. The minimum atomic E-state index is -0.653. The minimum Gasteiger partial charge on any atom is -0.497 e. The molecule has 0 aliphatic rings. The van der Waals surface area contributed by atoms with Crippen molar-refractivity contribution in [1.82, 2.24) is 4.98 Å². The predicted molar refractivity (Wildman–Crippen MR) is 90.7 cm³/mol. The Morgan fingerprint density at radius 2 is 1.88 bits per heavy atom. The Hall–Kier alpha value is -3.46. The maximum absolute atomic E-state index is 14.2. The molecule has 25 heavy (non-hydrogen) atoms. The van der Waals surface area contributed by atoms with Gasteiger partial charge < -0.3 is 10.5 Å². The Bertz CT molecular complexity index is 996.